The van der Waals surface area contributed by atoms with Gasteiger partial charge in [-0.05, 0) is 74.2 Å². The lowest BCUT2D eigenvalue weighted by molar-refractivity contribution is -0.0364. The van der Waals surface area contributed by atoms with Crippen molar-refractivity contribution in [1.29, 1.82) is 0 Å². The molecule has 6 rings (SSSR count). The number of aliphatic hydroxyl groups is 1. The minimum atomic E-state index is -0.970. The molecule has 0 atom stereocenters. The van der Waals surface area contributed by atoms with Crippen LogP contribution in [0.5, 0.6) is 0 Å². The summed E-state index contributed by atoms with van der Waals surface area (Å²) in [6.07, 6.45) is 6.73. The van der Waals surface area contributed by atoms with Gasteiger partial charge in [-0.25, -0.2) is 14.1 Å². The molecule has 0 unspecified atom stereocenters. The number of fused-ring (bicyclic) bond motifs is 1. The molecular formula is C29H33FN6O2. The molecule has 0 spiro atoms. The zero-order chi connectivity index (χ0) is 26.1. The summed E-state index contributed by atoms with van der Waals surface area (Å²) in [6, 6.07) is 14.8. The Morgan fingerprint density at radius 3 is 2.11 bits per heavy atom. The molecule has 8 nitrogen and oxygen atoms in total. The van der Waals surface area contributed by atoms with Gasteiger partial charge in [0.25, 0.3) is 5.56 Å². The Morgan fingerprint density at radius 2 is 1.47 bits per heavy atom. The molecule has 198 valence electrons. The lowest BCUT2D eigenvalue weighted by atomic mass is 9.91. The zero-order valence-electron chi connectivity index (χ0n) is 21.5. The highest BCUT2D eigenvalue weighted by Crippen LogP contribution is 2.25. The largest absolute Gasteiger partial charge is 0.388 e. The molecule has 2 aliphatic heterocycles. The summed E-state index contributed by atoms with van der Waals surface area (Å²) in [5, 5.41) is 16.0. The summed E-state index contributed by atoms with van der Waals surface area (Å²) >= 11 is 0. The van der Waals surface area contributed by atoms with Crippen molar-refractivity contribution >= 4 is 11.0 Å². The third kappa shape index (κ3) is 5.27. The summed E-state index contributed by atoms with van der Waals surface area (Å²) in [6.45, 7) is 6.01. The van der Waals surface area contributed by atoms with Gasteiger partial charge in [-0.1, -0.05) is 24.3 Å². The predicted molar refractivity (Wildman–Crippen MR) is 143 cm³/mol. The smallest absolute Gasteiger partial charge is 0.264 e. The second-order valence-corrected chi connectivity index (χ2v) is 10.7. The van der Waals surface area contributed by atoms with Gasteiger partial charge in [0.2, 0.25) is 0 Å². The molecule has 2 aromatic carbocycles. The van der Waals surface area contributed by atoms with E-state index in [1.807, 2.05) is 0 Å². The first-order chi connectivity index (χ1) is 18.5. The van der Waals surface area contributed by atoms with Crippen molar-refractivity contribution in [2.24, 2.45) is 0 Å². The van der Waals surface area contributed by atoms with Crippen molar-refractivity contribution in [3.05, 3.63) is 88.4 Å². The monoisotopic (exact) mass is 516 g/mol. The van der Waals surface area contributed by atoms with E-state index in [0.717, 1.165) is 26.2 Å². The first-order valence-electron chi connectivity index (χ1n) is 13.4. The van der Waals surface area contributed by atoms with Crippen LogP contribution in [0.4, 0.5) is 4.39 Å². The molecule has 2 fully saturated rings. The predicted octanol–water partition coefficient (Wildman–Crippen LogP) is 3.34. The van der Waals surface area contributed by atoms with Crippen molar-refractivity contribution in [3.63, 3.8) is 0 Å². The van der Waals surface area contributed by atoms with Crippen LogP contribution in [0.25, 0.3) is 16.7 Å². The fourth-order valence-electron chi connectivity index (χ4n) is 5.64. The Balaban J connectivity index is 1.08. The van der Waals surface area contributed by atoms with Gasteiger partial charge in [-0.3, -0.25) is 19.2 Å². The van der Waals surface area contributed by atoms with Gasteiger partial charge < -0.3 is 5.11 Å². The summed E-state index contributed by atoms with van der Waals surface area (Å²) in [5.41, 5.74) is 2.47. The minimum absolute atomic E-state index is 0.190. The average molecular weight is 517 g/mol. The Bertz CT molecular complexity index is 1450. The van der Waals surface area contributed by atoms with Gasteiger partial charge in [0, 0.05) is 26.2 Å². The molecule has 4 heterocycles. The standard InChI is InChI=1S/C29H33FN6O2/c30-24-7-9-25(10-8-24)36-27-26(17-32-36)28(37)35(21-31-27)20-29(38)11-15-34(16-12-29)19-23-5-3-22(4-6-23)18-33-13-1-2-14-33/h3-10,17,21,38H,1-2,11-16,18-20H2. The van der Waals surface area contributed by atoms with Crippen LogP contribution in [0.2, 0.25) is 0 Å². The van der Waals surface area contributed by atoms with Crippen molar-refractivity contribution in [2.75, 3.05) is 26.2 Å². The summed E-state index contributed by atoms with van der Waals surface area (Å²) < 4.78 is 16.3. The number of halogens is 1. The molecule has 0 bridgehead atoms. The number of piperidine rings is 1. The first-order valence-corrected chi connectivity index (χ1v) is 13.4. The highest BCUT2D eigenvalue weighted by molar-refractivity contribution is 5.74. The number of likely N-dealkylation sites (tertiary alicyclic amines) is 2. The topological polar surface area (TPSA) is 79.4 Å². The fourth-order valence-corrected chi connectivity index (χ4v) is 5.64. The average Bonchev–Trinajstić information content (AvgIpc) is 3.59. The molecule has 38 heavy (non-hydrogen) atoms. The number of aromatic nitrogens is 4. The summed E-state index contributed by atoms with van der Waals surface area (Å²) in [7, 11) is 0. The van der Waals surface area contributed by atoms with Crippen LogP contribution in [0, 0.1) is 5.82 Å². The lowest BCUT2D eigenvalue weighted by Gasteiger charge is -2.38. The Kier molecular flexibility index (Phi) is 6.82. The van der Waals surface area contributed by atoms with E-state index >= 15 is 0 Å². The third-order valence-electron chi connectivity index (χ3n) is 7.91. The van der Waals surface area contributed by atoms with Gasteiger partial charge in [0.1, 0.15) is 17.5 Å². The maximum Gasteiger partial charge on any atom is 0.264 e. The van der Waals surface area contributed by atoms with Crippen molar-refractivity contribution < 1.29 is 9.50 Å². The molecular weight excluding hydrogens is 483 g/mol. The van der Waals surface area contributed by atoms with Crippen LogP contribution < -0.4 is 5.56 Å². The van der Waals surface area contributed by atoms with Gasteiger partial charge in [0.15, 0.2) is 5.65 Å². The van der Waals surface area contributed by atoms with E-state index in [1.54, 1.807) is 12.1 Å². The molecule has 2 aliphatic rings. The van der Waals surface area contributed by atoms with Crippen LogP contribution >= 0.6 is 0 Å². The molecule has 2 saturated heterocycles. The molecule has 0 radical (unpaired) electrons. The van der Waals surface area contributed by atoms with Crippen molar-refractivity contribution in [3.8, 4) is 5.69 Å². The van der Waals surface area contributed by atoms with Crippen LogP contribution in [-0.4, -0.2) is 66.0 Å². The van der Waals surface area contributed by atoms with Crippen LogP contribution in [0.3, 0.4) is 0 Å². The number of nitrogens with zero attached hydrogens (tertiary/aromatic N) is 6. The third-order valence-corrected chi connectivity index (χ3v) is 7.91. The van der Waals surface area contributed by atoms with Crippen molar-refractivity contribution in [2.45, 2.75) is 50.9 Å². The van der Waals surface area contributed by atoms with E-state index in [2.05, 4.69) is 44.1 Å². The Morgan fingerprint density at radius 1 is 0.868 bits per heavy atom. The normalized spacial score (nSPS) is 18.4. The van der Waals surface area contributed by atoms with E-state index in [1.165, 1.54) is 71.0 Å². The molecule has 0 amide bonds. The van der Waals surface area contributed by atoms with E-state index in [4.69, 9.17) is 0 Å². The molecule has 0 aliphatic carbocycles. The van der Waals surface area contributed by atoms with Gasteiger partial charge in [0.05, 0.1) is 24.0 Å². The van der Waals surface area contributed by atoms with Gasteiger partial charge in [-0.2, -0.15) is 5.10 Å². The zero-order valence-corrected chi connectivity index (χ0v) is 21.5. The lowest BCUT2D eigenvalue weighted by Crippen LogP contribution is -2.47. The van der Waals surface area contributed by atoms with E-state index in [9.17, 15) is 14.3 Å². The second-order valence-electron chi connectivity index (χ2n) is 10.7. The van der Waals surface area contributed by atoms with Crippen LogP contribution in [0.15, 0.2) is 65.8 Å². The Labute approximate surface area is 220 Å². The van der Waals surface area contributed by atoms with E-state index in [0.29, 0.717) is 29.6 Å². The summed E-state index contributed by atoms with van der Waals surface area (Å²) in [5.74, 6) is -0.342. The van der Waals surface area contributed by atoms with E-state index < -0.39 is 5.60 Å². The number of benzene rings is 2. The highest BCUT2D eigenvalue weighted by Gasteiger charge is 2.33. The first kappa shape index (κ1) is 24.9. The Hall–Kier alpha value is -3.40. The molecule has 9 heteroatoms. The second kappa shape index (κ2) is 10.4. The number of hydrogen-bond donors (Lipinski definition) is 1. The minimum Gasteiger partial charge on any atom is -0.388 e. The van der Waals surface area contributed by atoms with Gasteiger partial charge >= 0.3 is 0 Å². The maximum absolute atomic E-state index is 13.3. The summed E-state index contributed by atoms with van der Waals surface area (Å²) in [4.78, 5) is 22.5. The van der Waals surface area contributed by atoms with Crippen LogP contribution in [0.1, 0.15) is 36.8 Å². The molecule has 4 aromatic rings. The maximum atomic E-state index is 13.3. The highest BCUT2D eigenvalue weighted by atomic mass is 19.1. The molecule has 0 saturated carbocycles. The van der Waals surface area contributed by atoms with Gasteiger partial charge in [-0.15, -0.1) is 0 Å². The van der Waals surface area contributed by atoms with Crippen molar-refractivity contribution in [1.82, 2.24) is 29.1 Å². The van der Waals surface area contributed by atoms with E-state index in [-0.39, 0.29) is 17.9 Å². The quantitative estimate of drug-likeness (QED) is 0.406. The van der Waals surface area contributed by atoms with Crippen LogP contribution in [-0.2, 0) is 19.6 Å². The fraction of sp³-hybridized carbons (Fsp3) is 0.414. The number of hydrogen-bond acceptors (Lipinski definition) is 6. The SMILES string of the molecule is O=c1c2cnn(-c3ccc(F)cc3)c2ncn1CC1(O)CCN(Cc2ccc(CN3CCCC3)cc2)CC1. The number of rotatable bonds is 7. The molecule has 1 N–H and O–H groups in total. The molecule has 2 aromatic heterocycles.